The van der Waals surface area contributed by atoms with Crippen LogP contribution in [0.2, 0.25) is 0 Å². The van der Waals surface area contributed by atoms with Crippen molar-refractivity contribution in [2.75, 3.05) is 26.2 Å². The Hall–Kier alpha value is -3.19. The van der Waals surface area contributed by atoms with Gasteiger partial charge in [-0.05, 0) is 60.5 Å². The van der Waals surface area contributed by atoms with Crippen molar-refractivity contribution in [1.29, 1.82) is 0 Å². The molecule has 2 N–H and O–H groups in total. The number of nitrogens with zero attached hydrogens (tertiary/aromatic N) is 1. The molecule has 4 rings (SSSR count). The monoisotopic (exact) mass is 423 g/mol. The van der Waals surface area contributed by atoms with Crippen LogP contribution in [0.25, 0.3) is 10.9 Å². The van der Waals surface area contributed by atoms with Gasteiger partial charge in [-0.15, -0.1) is 0 Å². The summed E-state index contributed by atoms with van der Waals surface area (Å²) >= 11 is 0. The first-order valence-electron chi connectivity index (χ1n) is 10.6. The van der Waals surface area contributed by atoms with E-state index in [0.717, 1.165) is 37.0 Å². The molecule has 0 saturated carbocycles. The molecule has 0 aliphatic carbocycles. The Morgan fingerprint density at radius 3 is 2.87 bits per heavy atom. The van der Waals surface area contributed by atoms with Crippen LogP contribution in [0.4, 0.5) is 9.18 Å². The molecular formula is C24H26FN3O3. The molecule has 1 aliphatic rings. The minimum Gasteiger partial charge on any atom is -0.445 e. The van der Waals surface area contributed by atoms with E-state index in [1.165, 1.54) is 12.1 Å². The van der Waals surface area contributed by atoms with Gasteiger partial charge in [0.05, 0.1) is 5.52 Å². The number of hydrogen-bond donors (Lipinski definition) is 2. The van der Waals surface area contributed by atoms with Gasteiger partial charge in [-0.2, -0.15) is 0 Å². The van der Waals surface area contributed by atoms with E-state index >= 15 is 0 Å². The molecule has 0 spiro atoms. The van der Waals surface area contributed by atoms with Crippen molar-refractivity contribution in [3.8, 4) is 0 Å². The van der Waals surface area contributed by atoms with Gasteiger partial charge in [0, 0.05) is 25.2 Å². The van der Waals surface area contributed by atoms with Crippen LogP contribution in [0.3, 0.4) is 0 Å². The molecule has 6 nitrogen and oxygen atoms in total. The number of carbonyl (C=O) groups excluding carboxylic acids is 1. The molecular weight excluding hydrogens is 397 g/mol. The third kappa shape index (κ3) is 5.70. The smallest absolute Gasteiger partial charge is 0.407 e. The average molecular weight is 423 g/mol. The predicted octanol–water partition coefficient (Wildman–Crippen LogP) is 3.46. The van der Waals surface area contributed by atoms with Gasteiger partial charge in [0.15, 0.2) is 0 Å². The number of nitrogens with one attached hydrogen (secondary N) is 2. The van der Waals surface area contributed by atoms with E-state index in [4.69, 9.17) is 4.74 Å². The van der Waals surface area contributed by atoms with Crippen molar-refractivity contribution < 1.29 is 13.9 Å². The lowest BCUT2D eigenvalue weighted by atomic mass is 10.1. The van der Waals surface area contributed by atoms with Gasteiger partial charge in [0.1, 0.15) is 12.4 Å². The Kier molecular flexibility index (Phi) is 6.62. The van der Waals surface area contributed by atoms with Gasteiger partial charge in [-0.3, -0.25) is 4.79 Å². The van der Waals surface area contributed by atoms with Crippen molar-refractivity contribution in [1.82, 2.24) is 15.2 Å². The maximum Gasteiger partial charge on any atom is 0.407 e. The number of alkyl carbamates (subject to hydrolysis) is 1. The third-order valence-corrected chi connectivity index (χ3v) is 5.70. The number of fused-ring (bicyclic) bond motifs is 1. The SMILES string of the molecule is O=C(NC[C@@H]1CCN(CCc2cc3ccc(F)cc3[nH]c2=O)C1)OCc1ccccc1. The Labute approximate surface area is 180 Å². The summed E-state index contributed by atoms with van der Waals surface area (Å²) in [5.41, 5.74) is 2.00. The summed E-state index contributed by atoms with van der Waals surface area (Å²) in [5, 5.41) is 3.68. The molecule has 2 heterocycles. The van der Waals surface area contributed by atoms with Crippen LogP contribution < -0.4 is 10.9 Å². The normalized spacial score (nSPS) is 16.5. The Bertz CT molecular complexity index is 1100. The minimum atomic E-state index is -0.401. The number of benzene rings is 2. The van der Waals surface area contributed by atoms with E-state index in [1.807, 2.05) is 36.4 Å². The summed E-state index contributed by atoms with van der Waals surface area (Å²) in [4.78, 5) is 29.3. The van der Waals surface area contributed by atoms with E-state index in [-0.39, 0.29) is 18.0 Å². The maximum atomic E-state index is 13.3. The molecule has 1 aromatic heterocycles. The fourth-order valence-corrected chi connectivity index (χ4v) is 3.97. The van der Waals surface area contributed by atoms with Gasteiger partial charge >= 0.3 is 6.09 Å². The van der Waals surface area contributed by atoms with Gasteiger partial charge in [0.25, 0.3) is 5.56 Å². The number of pyridine rings is 1. The lowest BCUT2D eigenvalue weighted by molar-refractivity contribution is 0.138. The predicted molar refractivity (Wildman–Crippen MR) is 117 cm³/mol. The topological polar surface area (TPSA) is 74.4 Å². The van der Waals surface area contributed by atoms with Crippen molar-refractivity contribution in [3.63, 3.8) is 0 Å². The first-order valence-corrected chi connectivity index (χ1v) is 10.6. The van der Waals surface area contributed by atoms with Gasteiger partial charge in [-0.1, -0.05) is 30.3 Å². The second-order valence-corrected chi connectivity index (χ2v) is 8.00. The maximum absolute atomic E-state index is 13.3. The zero-order chi connectivity index (χ0) is 21.6. The molecule has 0 radical (unpaired) electrons. The van der Waals surface area contributed by atoms with E-state index in [2.05, 4.69) is 15.2 Å². The number of H-pyrrole nitrogens is 1. The molecule has 1 saturated heterocycles. The average Bonchev–Trinajstić information content (AvgIpc) is 3.23. The van der Waals surface area contributed by atoms with Gasteiger partial charge in [-0.25, -0.2) is 9.18 Å². The molecule has 2 aromatic carbocycles. The molecule has 0 unspecified atom stereocenters. The highest BCUT2D eigenvalue weighted by molar-refractivity contribution is 5.78. The lowest BCUT2D eigenvalue weighted by Gasteiger charge is -2.16. The van der Waals surface area contributed by atoms with Crippen molar-refractivity contribution in [2.45, 2.75) is 19.4 Å². The van der Waals surface area contributed by atoms with Gasteiger partial charge in [0.2, 0.25) is 0 Å². The standard InChI is InChI=1S/C24H26FN3O3/c25-21-7-6-19-12-20(23(29)27-22(19)13-21)9-11-28-10-8-18(15-28)14-26-24(30)31-16-17-4-2-1-3-5-17/h1-7,12-13,18H,8-11,14-16H2,(H,26,30)(H,27,29)/t18-/m0/s1. The van der Waals surface area contributed by atoms with Crippen molar-refractivity contribution in [2.24, 2.45) is 5.92 Å². The number of likely N-dealkylation sites (tertiary alicyclic amines) is 1. The fourth-order valence-electron chi connectivity index (χ4n) is 3.97. The van der Waals surface area contributed by atoms with E-state index in [1.54, 1.807) is 6.07 Å². The second-order valence-electron chi connectivity index (χ2n) is 8.00. The number of aromatic nitrogens is 1. The van der Waals surface area contributed by atoms with Crippen LogP contribution in [0.15, 0.2) is 59.4 Å². The van der Waals surface area contributed by atoms with Gasteiger partial charge < -0.3 is 19.9 Å². The number of amides is 1. The zero-order valence-electron chi connectivity index (χ0n) is 17.3. The minimum absolute atomic E-state index is 0.170. The number of rotatable bonds is 7. The highest BCUT2D eigenvalue weighted by Crippen LogP contribution is 2.17. The van der Waals surface area contributed by atoms with E-state index in [9.17, 15) is 14.0 Å². The lowest BCUT2D eigenvalue weighted by Crippen LogP contribution is -2.32. The molecule has 31 heavy (non-hydrogen) atoms. The molecule has 1 amide bonds. The largest absolute Gasteiger partial charge is 0.445 e. The summed E-state index contributed by atoms with van der Waals surface area (Å²) in [6.07, 6.45) is 1.22. The Morgan fingerprint density at radius 2 is 2.03 bits per heavy atom. The number of hydrogen-bond acceptors (Lipinski definition) is 4. The molecule has 1 aliphatic heterocycles. The Balaban J connectivity index is 1.21. The summed E-state index contributed by atoms with van der Waals surface area (Å²) in [6.45, 7) is 3.41. The summed E-state index contributed by atoms with van der Waals surface area (Å²) < 4.78 is 18.6. The molecule has 1 atom stereocenters. The fraction of sp³-hybridized carbons (Fsp3) is 0.333. The molecule has 7 heteroatoms. The number of halogens is 1. The highest BCUT2D eigenvalue weighted by atomic mass is 19.1. The van der Waals surface area contributed by atoms with Crippen molar-refractivity contribution in [3.05, 3.63) is 81.9 Å². The van der Waals surface area contributed by atoms with Crippen LogP contribution in [0.5, 0.6) is 0 Å². The third-order valence-electron chi connectivity index (χ3n) is 5.70. The van der Waals surface area contributed by atoms with Crippen LogP contribution in [0.1, 0.15) is 17.5 Å². The molecule has 1 fully saturated rings. The Morgan fingerprint density at radius 1 is 1.19 bits per heavy atom. The van der Waals surface area contributed by atoms with E-state index < -0.39 is 6.09 Å². The first kappa shape index (κ1) is 21.1. The molecule has 162 valence electrons. The first-order chi connectivity index (χ1) is 15.1. The summed E-state index contributed by atoms with van der Waals surface area (Å²) in [7, 11) is 0. The molecule has 3 aromatic rings. The number of carbonyl (C=O) groups is 1. The van der Waals surface area contributed by atoms with Crippen LogP contribution in [0, 0.1) is 11.7 Å². The molecule has 0 bridgehead atoms. The van der Waals surface area contributed by atoms with E-state index in [0.29, 0.717) is 30.0 Å². The zero-order valence-corrected chi connectivity index (χ0v) is 17.3. The quantitative estimate of drug-likeness (QED) is 0.610. The highest BCUT2D eigenvalue weighted by Gasteiger charge is 2.23. The summed E-state index contributed by atoms with van der Waals surface area (Å²) in [6, 6.07) is 15.8. The second kappa shape index (κ2) is 9.75. The van der Waals surface area contributed by atoms with Crippen LogP contribution in [-0.4, -0.2) is 42.2 Å². The number of ether oxygens (including phenoxy) is 1. The van der Waals surface area contributed by atoms with Crippen molar-refractivity contribution >= 4 is 17.0 Å². The summed E-state index contributed by atoms with van der Waals surface area (Å²) in [5.74, 6) is -0.00120. The number of aromatic amines is 1. The van der Waals surface area contributed by atoms with Crippen LogP contribution >= 0.6 is 0 Å². The van der Waals surface area contributed by atoms with Crippen LogP contribution in [-0.2, 0) is 17.8 Å².